The monoisotopic (exact) mass is 254 g/mol. The number of hydrogen-bond acceptors (Lipinski definition) is 6. The first-order valence-corrected chi connectivity index (χ1v) is 6.42. The molecule has 2 aromatic rings. The summed E-state index contributed by atoms with van der Waals surface area (Å²) in [5, 5.41) is 7.75. The van der Waals surface area contributed by atoms with Crippen molar-refractivity contribution in [2.75, 3.05) is 0 Å². The summed E-state index contributed by atoms with van der Waals surface area (Å²) in [5.41, 5.74) is 2.29. The number of nitrogens with one attached hydrogen (secondary N) is 1. The molecule has 1 N–H and O–H groups in total. The Morgan fingerprint density at radius 1 is 1.56 bits per heavy atom. The first-order valence-electron chi connectivity index (χ1n) is 4.66. The smallest absolute Gasteiger partial charge is 0.251 e. The third kappa shape index (κ3) is 2.67. The lowest BCUT2D eigenvalue weighted by Gasteiger charge is -2.07. The molecule has 2 aromatic heterocycles. The number of aryl methyl sites for hydroxylation is 1. The fourth-order valence-electron chi connectivity index (χ4n) is 1.22. The minimum Gasteiger partial charge on any atom is -0.310 e. The second-order valence-electron chi connectivity index (χ2n) is 3.24. The molecule has 0 aromatic carbocycles. The first-order chi connectivity index (χ1) is 7.65. The van der Waals surface area contributed by atoms with Gasteiger partial charge >= 0.3 is 0 Å². The molecule has 16 heavy (non-hydrogen) atoms. The molecule has 0 saturated heterocycles. The summed E-state index contributed by atoms with van der Waals surface area (Å²) in [4.78, 5) is 18.3. The van der Waals surface area contributed by atoms with Gasteiger partial charge in [-0.3, -0.25) is 4.79 Å². The van der Waals surface area contributed by atoms with E-state index in [2.05, 4.69) is 20.2 Å². The van der Waals surface area contributed by atoms with Crippen LogP contribution in [-0.2, 0) is 0 Å². The number of hydrogen-bond donors (Lipinski definition) is 1. The number of aromatic nitrogens is 4. The molecule has 0 aliphatic rings. The number of H-pyrrole nitrogens is 1. The Balaban J connectivity index is 2.20. The molecule has 1 atom stereocenters. The average Bonchev–Trinajstić information content (AvgIpc) is 2.68. The van der Waals surface area contributed by atoms with Gasteiger partial charge in [0.15, 0.2) is 4.34 Å². The molecule has 0 radical (unpaired) electrons. The highest BCUT2D eigenvalue weighted by Gasteiger charge is 2.12. The number of aromatic amines is 1. The zero-order valence-corrected chi connectivity index (χ0v) is 10.4. The van der Waals surface area contributed by atoms with Gasteiger partial charge in [-0.2, -0.15) is 0 Å². The van der Waals surface area contributed by atoms with Crippen LogP contribution >= 0.6 is 23.1 Å². The third-order valence-corrected chi connectivity index (χ3v) is 3.81. The largest absolute Gasteiger partial charge is 0.310 e. The molecule has 0 amide bonds. The Kier molecular flexibility index (Phi) is 3.35. The van der Waals surface area contributed by atoms with Crippen LogP contribution in [0.1, 0.15) is 23.7 Å². The topological polar surface area (TPSA) is 71.5 Å². The van der Waals surface area contributed by atoms with Gasteiger partial charge in [0.25, 0.3) is 5.56 Å². The second-order valence-corrected chi connectivity index (χ2v) is 5.66. The van der Waals surface area contributed by atoms with E-state index in [1.807, 2.05) is 6.92 Å². The standard InChI is InChI=1S/C9H10N4OS2/c1-5-3-7(14)12-8(11-5)6(2)16-9-13-10-4-15-9/h3-4,6H,1-2H3,(H,11,12,14). The summed E-state index contributed by atoms with van der Waals surface area (Å²) in [6, 6.07) is 1.48. The molecule has 2 heterocycles. The molecule has 1 unspecified atom stereocenters. The number of thioether (sulfide) groups is 1. The Morgan fingerprint density at radius 3 is 3.00 bits per heavy atom. The van der Waals surface area contributed by atoms with Crippen LogP contribution in [-0.4, -0.2) is 20.2 Å². The zero-order chi connectivity index (χ0) is 11.5. The van der Waals surface area contributed by atoms with Crippen molar-refractivity contribution in [1.29, 1.82) is 0 Å². The van der Waals surface area contributed by atoms with Crippen LogP contribution in [0, 0.1) is 6.92 Å². The van der Waals surface area contributed by atoms with Crippen LogP contribution in [0.25, 0.3) is 0 Å². The first kappa shape index (κ1) is 11.3. The SMILES string of the molecule is Cc1cc(=O)[nH]c(C(C)Sc2nncs2)n1. The summed E-state index contributed by atoms with van der Waals surface area (Å²) in [7, 11) is 0. The van der Waals surface area contributed by atoms with Gasteiger partial charge in [-0.25, -0.2) is 4.98 Å². The molecule has 0 spiro atoms. The van der Waals surface area contributed by atoms with Gasteiger partial charge in [-0.1, -0.05) is 23.1 Å². The molecular weight excluding hydrogens is 244 g/mol. The van der Waals surface area contributed by atoms with Crippen molar-refractivity contribution in [2.24, 2.45) is 0 Å². The van der Waals surface area contributed by atoms with E-state index >= 15 is 0 Å². The molecule has 0 aliphatic carbocycles. The Hall–Kier alpha value is -1.21. The van der Waals surface area contributed by atoms with Crippen LogP contribution in [0.15, 0.2) is 20.7 Å². The highest BCUT2D eigenvalue weighted by Crippen LogP contribution is 2.33. The number of rotatable bonds is 3. The fraction of sp³-hybridized carbons (Fsp3) is 0.333. The van der Waals surface area contributed by atoms with Crippen LogP contribution < -0.4 is 5.56 Å². The maximum atomic E-state index is 11.3. The van der Waals surface area contributed by atoms with E-state index in [0.29, 0.717) is 5.82 Å². The normalized spacial score (nSPS) is 12.6. The van der Waals surface area contributed by atoms with E-state index in [9.17, 15) is 4.79 Å². The Bertz CT molecular complexity index is 523. The molecule has 0 fully saturated rings. The molecule has 0 saturated carbocycles. The van der Waals surface area contributed by atoms with Gasteiger partial charge in [0.1, 0.15) is 11.3 Å². The molecule has 2 rings (SSSR count). The third-order valence-electron chi connectivity index (χ3n) is 1.89. The maximum absolute atomic E-state index is 11.3. The summed E-state index contributed by atoms with van der Waals surface area (Å²) in [6.07, 6.45) is 0. The molecule has 7 heteroatoms. The molecular formula is C9H10N4OS2. The van der Waals surface area contributed by atoms with Crippen molar-refractivity contribution in [3.63, 3.8) is 0 Å². The van der Waals surface area contributed by atoms with Gasteiger partial charge < -0.3 is 4.98 Å². The number of nitrogens with zero attached hydrogens (tertiary/aromatic N) is 3. The van der Waals surface area contributed by atoms with Crippen molar-refractivity contribution in [3.05, 3.63) is 33.4 Å². The highest BCUT2D eigenvalue weighted by atomic mass is 32.2. The second kappa shape index (κ2) is 4.75. The Morgan fingerprint density at radius 2 is 2.38 bits per heavy atom. The predicted octanol–water partition coefficient (Wildman–Crippen LogP) is 1.78. The lowest BCUT2D eigenvalue weighted by atomic mass is 10.4. The molecule has 0 aliphatic heterocycles. The summed E-state index contributed by atoms with van der Waals surface area (Å²) >= 11 is 3.01. The maximum Gasteiger partial charge on any atom is 0.251 e. The van der Waals surface area contributed by atoms with E-state index in [1.165, 1.54) is 29.2 Å². The van der Waals surface area contributed by atoms with E-state index in [1.54, 1.807) is 12.4 Å². The van der Waals surface area contributed by atoms with Crippen molar-refractivity contribution >= 4 is 23.1 Å². The summed E-state index contributed by atoms with van der Waals surface area (Å²) < 4.78 is 0.872. The summed E-state index contributed by atoms with van der Waals surface area (Å²) in [6.45, 7) is 3.78. The fourth-order valence-corrected chi connectivity index (χ4v) is 2.90. The minimum absolute atomic E-state index is 0.0561. The Labute approximate surface area is 100 Å². The summed E-state index contributed by atoms with van der Waals surface area (Å²) in [5.74, 6) is 0.671. The van der Waals surface area contributed by atoms with Crippen LogP contribution in [0.4, 0.5) is 0 Å². The van der Waals surface area contributed by atoms with E-state index in [0.717, 1.165) is 10.0 Å². The quantitative estimate of drug-likeness (QED) is 0.845. The highest BCUT2D eigenvalue weighted by molar-refractivity contribution is 8.01. The zero-order valence-electron chi connectivity index (χ0n) is 8.80. The van der Waals surface area contributed by atoms with Crippen LogP contribution in [0.2, 0.25) is 0 Å². The van der Waals surface area contributed by atoms with Gasteiger partial charge in [0.2, 0.25) is 0 Å². The van der Waals surface area contributed by atoms with Crippen molar-refractivity contribution in [2.45, 2.75) is 23.4 Å². The average molecular weight is 254 g/mol. The van der Waals surface area contributed by atoms with Gasteiger partial charge in [0.05, 0.1) is 5.25 Å². The molecule has 0 bridgehead atoms. The van der Waals surface area contributed by atoms with E-state index in [-0.39, 0.29) is 10.8 Å². The van der Waals surface area contributed by atoms with Crippen LogP contribution in [0.5, 0.6) is 0 Å². The lowest BCUT2D eigenvalue weighted by Crippen LogP contribution is -2.12. The molecule has 84 valence electrons. The predicted molar refractivity (Wildman–Crippen MR) is 63.8 cm³/mol. The minimum atomic E-state index is -0.118. The van der Waals surface area contributed by atoms with Crippen molar-refractivity contribution < 1.29 is 0 Å². The lowest BCUT2D eigenvalue weighted by molar-refractivity contribution is 0.879. The van der Waals surface area contributed by atoms with Gasteiger partial charge in [-0.15, -0.1) is 10.2 Å². The van der Waals surface area contributed by atoms with Gasteiger partial charge in [0, 0.05) is 11.8 Å². The van der Waals surface area contributed by atoms with Crippen molar-refractivity contribution in [1.82, 2.24) is 20.2 Å². The van der Waals surface area contributed by atoms with Gasteiger partial charge in [-0.05, 0) is 13.8 Å². The van der Waals surface area contributed by atoms with E-state index < -0.39 is 0 Å². The van der Waals surface area contributed by atoms with E-state index in [4.69, 9.17) is 0 Å². The van der Waals surface area contributed by atoms with Crippen molar-refractivity contribution in [3.8, 4) is 0 Å². The van der Waals surface area contributed by atoms with Crippen LogP contribution in [0.3, 0.4) is 0 Å². The molecule has 5 nitrogen and oxygen atoms in total.